The van der Waals surface area contributed by atoms with Crippen molar-refractivity contribution in [3.8, 4) is 0 Å². The summed E-state index contributed by atoms with van der Waals surface area (Å²) in [5.41, 5.74) is 0.210. The number of benzene rings is 1. The lowest BCUT2D eigenvalue weighted by molar-refractivity contribution is -0.129. The molecule has 0 N–H and O–H groups in total. The lowest BCUT2D eigenvalue weighted by Crippen LogP contribution is -2.31. The fourth-order valence-corrected chi connectivity index (χ4v) is 2.51. The van der Waals surface area contributed by atoms with Gasteiger partial charge in [0.2, 0.25) is 5.91 Å². The molecule has 1 amide bonds. The quantitative estimate of drug-likeness (QED) is 0.863. The molecule has 1 unspecified atom stereocenters. The Balaban J connectivity index is 1.64. The van der Waals surface area contributed by atoms with Gasteiger partial charge in [-0.1, -0.05) is 6.07 Å². The third-order valence-corrected chi connectivity index (χ3v) is 3.64. The second kappa shape index (κ2) is 5.59. The van der Waals surface area contributed by atoms with E-state index in [2.05, 4.69) is 10.2 Å². The highest BCUT2D eigenvalue weighted by Crippen LogP contribution is 2.21. The topological polar surface area (TPSA) is 51.0 Å². The Hall–Kier alpha value is -2.31. The molecule has 1 aliphatic heterocycles. The Bertz CT molecular complexity index is 644. The van der Waals surface area contributed by atoms with Crippen LogP contribution in [0.1, 0.15) is 18.0 Å². The lowest BCUT2D eigenvalue weighted by atomic mass is 10.1. The summed E-state index contributed by atoms with van der Waals surface area (Å²) in [6.45, 7) is 1.10. The van der Waals surface area contributed by atoms with Gasteiger partial charge in [-0.05, 0) is 18.1 Å². The van der Waals surface area contributed by atoms with Gasteiger partial charge in [0, 0.05) is 19.2 Å². The number of carbonyl (C=O) groups excluding carboxylic acids is 1. The van der Waals surface area contributed by atoms with Crippen molar-refractivity contribution in [2.24, 2.45) is 0 Å². The van der Waals surface area contributed by atoms with Gasteiger partial charge in [0.25, 0.3) is 0 Å². The van der Waals surface area contributed by atoms with Gasteiger partial charge in [0.05, 0.1) is 24.9 Å². The summed E-state index contributed by atoms with van der Waals surface area (Å²) >= 11 is 0. The number of rotatable bonds is 3. The normalized spacial score (nSPS) is 18.2. The standard InChI is InChI=1S/C14H14F2N4O/c15-11-2-1-10(13(16)8-11)7-14(21)19-6-3-12(9-19)20-17-4-5-18-20/h1-2,4-5,8,12H,3,6-7,9H2. The van der Waals surface area contributed by atoms with Crippen LogP contribution in [0.3, 0.4) is 0 Å². The van der Waals surface area contributed by atoms with Gasteiger partial charge >= 0.3 is 0 Å². The molecule has 7 heteroatoms. The summed E-state index contributed by atoms with van der Waals surface area (Å²) in [4.78, 5) is 15.4. The molecule has 0 aliphatic carbocycles. The van der Waals surface area contributed by atoms with Crippen molar-refractivity contribution in [1.82, 2.24) is 19.9 Å². The second-order valence-electron chi connectivity index (χ2n) is 5.04. The summed E-state index contributed by atoms with van der Waals surface area (Å²) in [7, 11) is 0. The number of hydrogen-bond acceptors (Lipinski definition) is 3. The molecular weight excluding hydrogens is 278 g/mol. The summed E-state index contributed by atoms with van der Waals surface area (Å²) in [5, 5.41) is 8.13. The zero-order valence-corrected chi connectivity index (χ0v) is 11.2. The average Bonchev–Trinajstić information content (AvgIpc) is 3.10. The van der Waals surface area contributed by atoms with Crippen LogP contribution >= 0.6 is 0 Å². The maximum absolute atomic E-state index is 13.6. The van der Waals surface area contributed by atoms with Crippen LogP contribution in [0.4, 0.5) is 8.78 Å². The predicted octanol–water partition coefficient (Wildman–Crippen LogP) is 1.57. The van der Waals surface area contributed by atoms with Crippen molar-refractivity contribution in [3.05, 3.63) is 47.8 Å². The Kier molecular flexibility index (Phi) is 3.64. The van der Waals surface area contributed by atoms with Gasteiger partial charge in [0.1, 0.15) is 11.6 Å². The smallest absolute Gasteiger partial charge is 0.227 e. The van der Waals surface area contributed by atoms with Crippen molar-refractivity contribution >= 4 is 5.91 Å². The summed E-state index contributed by atoms with van der Waals surface area (Å²) in [6, 6.07) is 3.32. The third kappa shape index (κ3) is 2.91. The van der Waals surface area contributed by atoms with Gasteiger partial charge in [-0.25, -0.2) is 8.78 Å². The Labute approximate surface area is 120 Å². The van der Waals surface area contributed by atoms with Crippen molar-refractivity contribution in [2.45, 2.75) is 18.9 Å². The minimum atomic E-state index is -0.687. The molecule has 1 saturated heterocycles. The monoisotopic (exact) mass is 292 g/mol. The fourth-order valence-electron chi connectivity index (χ4n) is 2.51. The Morgan fingerprint density at radius 3 is 2.76 bits per heavy atom. The number of aromatic nitrogens is 3. The zero-order valence-electron chi connectivity index (χ0n) is 11.2. The van der Waals surface area contributed by atoms with Gasteiger partial charge in [-0.3, -0.25) is 4.79 Å². The first-order valence-electron chi connectivity index (χ1n) is 6.71. The van der Waals surface area contributed by atoms with E-state index in [-0.39, 0.29) is 23.9 Å². The fraction of sp³-hybridized carbons (Fsp3) is 0.357. The Morgan fingerprint density at radius 2 is 2.05 bits per heavy atom. The van der Waals surface area contributed by atoms with E-state index in [4.69, 9.17) is 0 Å². The first-order valence-corrected chi connectivity index (χ1v) is 6.71. The van der Waals surface area contributed by atoms with Crippen LogP contribution in [0.25, 0.3) is 0 Å². The minimum absolute atomic E-state index is 0.0574. The number of amides is 1. The van der Waals surface area contributed by atoms with E-state index >= 15 is 0 Å². The molecule has 2 heterocycles. The van der Waals surface area contributed by atoms with E-state index in [1.807, 2.05) is 0 Å². The van der Waals surface area contributed by atoms with E-state index in [9.17, 15) is 13.6 Å². The van der Waals surface area contributed by atoms with E-state index in [1.54, 1.807) is 22.1 Å². The molecule has 3 rings (SSSR count). The van der Waals surface area contributed by atoms with Crippen LogP contribution in [0.5, 0.6) is 0 Å². The van der Waals surface area contributed by atoms with Crippen LogP contribution in [0.15, 0.2) is 30.6 Å². The van der Waals surface area contributed by atoms with Crippen LogP contribution in [0, 0.1) is 11.6 Å². The highest BCUT2D eigenvalue weighted by Gasteiger charge is 2.28. The maximum Gasteiger partial charge on any atom is 0.227 e. The van der Waals surface area contributed by atoms with E-state index < -0.39 is 11.6 Å². The number of carbonyl (C=O) groups is 1. The molecule has 0 bridgehead atoms. The summed E-state index contributed by atoms with van der Waals surface area (Å²) in [6.07, 6.45) is 3.90. The van der Waals surface area contributed by atoms with Crippen LogP contribution in [-0.4, -0.2) is 38.9 Å². The van der Waals surface area contributed by atoms with Gasteiger partial charge in [-0.15, -0.1) is 0 Å². The van der Waals surface area contributed by atoms with Crippen molar-refractivity contribution < 1.29 is 13.6 Å². The van der Waals surface area contributed by atoms with Crippen molar-refractivity contribution in [3.63, 3.8) is 0 Å². The number of likely N-dealkylation sites (tertiary alicyclic amines) is 1. The first kappa shape index (κ1) is 13.7. The van der Waals surface area contributed by atoms with Gasteiger partial charge < -0.3 is 4.90 Å². The van der Waals surface area contributed by atoms with Crippen molar-refractivity contribution in [2.75, 3.05) is 13.1 Å². The average molecular weight is 292 g/mol. The van der Waals surface area contributed by atoms with E-state index in [1.165, 1.54) is 6.07 Å². The predicted molar refractivity (Wildman–Crippen MR) is 70.3 cm³/mol. The Morgan fingerprint density at radius 1 is 1.29 bits per heavy atom. The van der Waals surface area contributed by atoms with Gasteiger partial charge in [0.15, 0.2) is 0 Å². The number of hydrogen-bond donors (Lipinski definition) is 0. The molecule has 5 nitrogen and oxygen atoms in total. The largest absolute Gasteiger partial charge is 0.340 e. The molecule has 21 heavy (non-hydrogen) atoms. The second-order valence-corrected chi connectivity index (χ2v) is 5.04. The van der Waals surface area contributed by atoms with Crippen LogP contribution < -0.4 is 0 Å². The van der Waals surface area contributed by atoms with Crippen LogP contribution in [0.2, 0.25) is 0 Å². The molecule has 1 aromatic carbocycles. The summed E-state index contributed by atoms with van der Waals surface area (Å²) in [5.74, 6) is -1.50. The third-order valence-electron chi connectivity index (χ3n) is 3.64. The SMILES string of the molecule is O=C(Cc1ccc(F)cc1F)N1CCC(n2nccn2)C1. The highest BCUT2D eigenvalue weighted by atomic mass is 19.1. The first-order chi connectivity index (χ1) is 10.1. The molecule has 0 saturated carbocycles. The molecule has 2 aromatic rings. The zero-order chi connectivity index (χ0) is 14.8. The molecule has 1 aromatic heterocycles. The molecule has 0 radical (unpaired) electrons. The van der Waals surface area contributed by atoms with E-state index in [0.717, 1.165) is 18.6 Å². The van der Waals surface area contributed by atoms with Crippen molar-refractivity contribution in [1.29, 1.82) is 0 Å². The molecule has 110 valence electrons. The van der Waals surface area contributed by atoms with Crippen LogP contribution in [-0.2, 0) is 11.2 Å². The van der Waals surface area contributed by atoms with Gasteiger partial charge in [-0.2, -0.15) is 15.0 Å². The van der Waals surface area contributed by atoms with E-state index in [0.29, 0.717) is 13.1 Å². The molecule has 0 spiro atoms. The molecule has 1 aliphatic rings. The lowest BCUT2D eigenvalue weighted by Gasteiger charge is -2.16. The number of halogens is 2. The molecule has 1 atom stereocenters. The maximum atomic E-state index is 13.6. The molecule has 1 fully saturated rings. The highest BCUT2D eigenvalue weighted by molar-refractivity contribution is 5.79. The number of nitrogens with zero attached hydrogens (tertiary/aromatic N) is 4. The minimum Gasteiger partial charge on any atom is -0.340 e. The summed E-state index contributed by atoms with van der Waals surface area (Å²) < 4.78 is 26.4. The molecular formula is C14H14F2N4O.